The lowest BCUT2D eigenvalue weighted by molar-refractivity contribution is -0.131. The third kappa shape index (κ3) is 3.84. The van der Waals surface area contributed by atoms with Crippen molar-refractivity contribution in [2.45, 2.75) is 37.1 Å². The van der Waals surface area contributed by atoms with Crippen LogP contribution in [0.25, 0.3) is 0 Å². The van der Waals surface area contributed by atoms with Crippen LogP contribution in [0.3, 0.4) is 0 Å². The Morgan fingerprint density at radius 2 is 1.91 bits per heavy atom. The smallest absolute Gasteiger partial charge is 0.231 e. The van der Waals surface area contributed by atoms with E-state index in [1.807, 2.05) is 0 Å². The molecule has 1 saturated carbocycles. The normalized spacial score (nSPS) is 21.1. The summed E-state index contributed by atoms with van der Waals surface area (Å²) in [6.07, 6.45) is 3.50. The molecule has 1 aromatic carbocycles. The summed E-state index contributed by atoms with van der Waals surface area (Å²) >= 11 is 0. The van der Waals surface area contributed by atoms with Crippen molar-refractivity contribution in [3.8, 4) is 0 Å². The molecule has 1 aromatic rings. The molecule has 0 aromatic heterocycles. The monoisotopic (exact) mass is 342 g/mol. The van der Waals surface area contributed by atoms with Crippen LogP contribution in [0.1, 0.15) is 31.2 Å². The maximum atomic E-state index is 13.2. The standard InChI is InChI=1S/C17H23FN2O2.ClH/c18-14-5-3-13(4-6-14)17(7-9-22-10-8-17)16(21)20-15(11-19)12-1-2-12;/h3-6,12,15H,1-2,7-11,19H2,(H,20,21);1H. The Morgan fingerprint density at radius 1 is 1.30 bits per heavy atom. The van der Waals surface area contributed by atoms with E-state index in [1.54, 1.807) is 12.1 Å². The Balaban J connectivity index is 0.00000192. The van der Waals surface area contributed by atoms with E-state index in [0.717, 1.165) is 18.4 Å². The lowest BCUT2D eigenvalue weighted by Crippen LogP contribution is -2.53. The van der Waals surface area contributed by atoms with Gasteiger partial charge >= 0.3 is 0 Å². The number of rotatable bonds is 5. The minimum absolute atomic E-state index is 0. The lowest BCUT2D eigenvalue weighted by atomic mass is 9.73. The van der Waals surface area contributed by atoms with Gasteiger partial charge < -0.3 is 15.8 Å². The van der Waals surface area contributed by atoms with Gasteiger partial charge in [-0.05, 0) is 49.3 Å². The zero-order chi connectivity index (χ0) is 15.6. The molecule has 0 bridgehead atoms. The number of amides is 1. The summed E-state index contributed by atoms with van der Waals surface area (Å²) in [5.74, 6) is 0.230. The van der Waals surface area contributed by atoms with Gasteiger partial charge in [-0.15, -0.1) is 12.4 Å². The predicted octanol–water partition coefficient (Wildman–Crippen LogP) is 2.15. The SMILES string of the molecule is Cl.NCC(NC(=O)C1(c2ccc(F)cc2)CCOCC1)C1CC1. The lowest BCUT2D eigenvalue weighted by Gasteiger charge is -2.37. The second-order valence-corrected chi connectivity index (χ2v) is 6.35. The number of carbonyl (C=O) groups excluding carboxylic acids is 1. The van der Waals surface area contributed by atoms with Crippen molar-refractivity contribution in [1.29, 1.82) is 0 Å². The van der Waals surface area contributed by atoms with Gasteiger partial charge in [0.25, 0.3) is 0 Å². The van der Waals surface area contributed by atoms with Gasteiger partial charge in [0.1, 0.15) is 5.82 Å². The van der Waals surface area contributed by atoms with Crippen LogP contribution in [0.15, 0.2) is 24.3 Å². The zero-order valence-corrected chi connectivity index (χ0v) is 13.9. The molecule has 1 aliphatic carbocycles. The largest absolute Gasteiger partial charge is 0.381 e. The van der Waals surface area contributed by atoms with Gasteiger partial charge in [-0.2, -0.15) is 0 Å². The molecule has 6 heteroatoms. The number of nitrogens with one attached hydrogen (secondary N) is 1. The summed E-state index contributed by atoms with van der Waals surface area (Å²) in [7, 11) is 0. The molecule has 1 amide bonds. The molecule has 2 aliphatic rings. The summed E-state index contributed by atoms with van der Waals surface area (Å²) in [5, 5.41) is 3.14. The van der Waals surface area contributed by atoms with Crippen molar-refractivity contribution in [2.75, 3.05) is 19.8 Å². The Morgan fingerprint density at radius 3 is 2.43 bits per heavy atom. The maximum absolute atomic E-state index is 13.2. The fourth-order valence-electron chi connectivity index (χ4n) is 3.31. The van der Waals surface area contributed by atoms with Gasteiger partial charge in [0, 0.05) is 25.8 Å². The number of nitrogens with two attached hydrogens (primary N) is 1. The van der Waals surface area contributed by atoms with E-state index in [-0.39, 0.29) is 30.2 Å². The van der Waals surface area contributed by atoms with Crippen LogP contribution in [0.4, 0.5) is 4.39 Å². The first-order chi connectivity index (χ1) is 10.7. The highest BCUT2D eigenvalue weighted by atomic mass is 35.5. The summed E-state index contributed by atoms with van der Waals surface area (Å²) in [4.78, 5) is 13.0. The van der Waals surface area contributed by atoms with E-state index in [4.69, 9.17) is 10.5 Å². The molecule has 4 nitrogen and oxygen atoms in total. The first-order valence-electron chi connectivity index (χ1n) is 8.00. The predicted molar refractivity (Wildman–Crippen MR) is 89.1 cm³/mol. The van der Waals surface area contributed by atoms with Gasteiger partial charge in [-0.1, -0.05) is 12.1 Å². The van der Waals surface area contributed by atoms with E-state index >= 15 is 0 Å². The summed E-state index contributed by atoms with van der Waals surface area (Å²) in [6.45, 7) is 1.55. The van der Waals surface area contributed by atoms with Gasteiger partial charge in [0.05, 0.1) is 5.41 Å². The van der Waals surface area contributed by atoms with Crippen molar-refractivity contribution < 1.29 is 13.9 Å². The molecule has 128 valence electrons. The van der Waals surface area contributed by atoms with E-state index in [0.29, 0.717) is 38.5 Å². The zero-order valence-electron chi connectivity index (χ0n) is 13.1. The minimum Gasteiger partial charge on any atom is -0.381 e. The second kappa shape index (κ2) is 7.60. The molecule has 0 radical (unpaired) electrons. The second-order valence-electron chi connectivity index (χ2n) is 6.35. The fourth-order valence-corrected chi connectivity index (χ4v) is 3.31. The van der Waals surface area contributed by atoms with E-state index < -0.39 is 5.41 Å². The van der Waals surface area contributed by atoms with Crippen LogP contribution in [-0.4, -0.2) is 31.7 Å². The third-order valence-electron chi connectivity index (χ3n) is 4.94. The Kier molecular flexibility index (Phi) is 6.00. The average Bonchev–Trinajstić information content (AvgIpc) is 3.38. The van der Waals surface area contributed by atoms with Crippen LogP contribution < -0.4 is 11.1 Å². The Hall–Kier alpha value is -1.17. The fraction of sp³-hybridized carbons (Fsp3) is 0.588. The molecule has 1 saturated heterocycles. The third-order valence-corrected chi connectivity index (χ3v) is 4.94. The van der Waals surface area contributed by atoms with Gasteiger partial charge in [0.15, 0.2) is 0 Å². The van der Waals surface area contributed by atoms with Crippen LogP contribution in [0.5, 0.6) is 0 Å². The number of ether oxygens (including phenoxy) is 1. The molecule has 1 aliphatic heterocycles. The number of benzene rings is 1. The van der Waals surface area contributed by atoms with Crippen LogP contribution >= 0.6 is 12.4 Å². The Labute approximate surface area is 142 Å². The topological polar surface area (TPSA) is 64.3 Å². The molecule has 1 atom stereocenters. The summed E-state index contributed by atoms with van der Waals surface area (Å²) in [5.41, 5.74) is 6.04. The van der Waals surface area contributed by atoms with Crippen molar-refractivity contribution in [3.05, 3.63) is 35.6 Å². The highest BCUT2D eigenvalue weighted by molar-refractivity contribution is 5.88. The first kappa shape index (κ1) is 18.2. The van der Waals surface area contributed by atoms with Gasteiger partial charge in [0.2, 0.25) is 5.91 Å². The van der Waals surface area contributed by atoms with Crippen molar-refractivity contribution >= 4 is 18.3 Å². The molecular formula is C17H24ClFN2O2. The first-order valence-corrected chi connectivity index (χ1v) is 8.00. The molecule has 1 unspecified atom stereocenters. The van der Waals surface area contributed by atoms with Crippen LogP contribution in [0.2, 0.25) is 0 Å². The summed E-state index contributed by atoms with van der Waals surface area (Å²) in [6, 6.07) is 6.32. The molecule has 23 heavy (non-hydrogen) atoms. The highest BCUT2D eigenvalue weighted by Gasteiger charge is 2.43. The van der Waals surface area contributed by atoms with Gasteiger partial charge in [-0.25, -0.2) is 4.39 Å². The molecule has 1 heterocycles. The minimum atomic E-state index is -0.631. The summed E-state index contributed by atoms with van der Waals surface area (Å²) < 4.78 is 18.6. The molecule has 3 rings (SSSR count). The molecular weight excluding hydrogens is 319 g/mol. The molecule has 2 fully saturated rings. The number of halogens is 2. The maximum Gasteiger partial charge on any atom is 0.231 e. The average molecular weight is 343 g/mol. The number of hydrogen-bond donors (Lipinski definition) is 2. The van der Waals surface area contributed by atoms with E-state index in [1.165, 1.54) is 12.1 Å². The Bertz CT molecular complexity index is 528. The van der Waals surface area contributed by atoms with Crippen molar-refractivity contribution in [3.63, 3.8) is 0 Å². The van der Waals surface area contributed by atoms with Crippen molar-refractivity contribution in [2.24, 2.45) is 11.7 Å². The van der Waals surface area contributed by atoms with Gasteiger partial charge in [-0.3, -0.25) is 4.79 Å². The molecule has 0 spiro atoms. The van der Waals surface area contributed by atoms with Crippen molar-refractivity contribution in [1.82, 2.24) is 5.32 Å². The quantitative estimate of drug-likeness (QED) is 0.861. The highest BCUT2D eigenvalue weighted by Crippen LogP contribution is 2.37. The van der Waals surface area contributed by atoms with Crippen LogP contribution in [0, 0.1) is 11.7 Å². The number of hydrogen-bond acceptors (Lipinski definition) is 3. The molecule has 3 N–H and O–H groups in total. The van der Waals surface area contributed by atoms with E-state index in [2.05, 4.69) is 5.32 Å². The van der Waals surface area contributed by atoms with Crippen LogP contribution in [-0.2, 0) is 14.9 Å². The van der Waals surface area contributed by atoms with E-state index in [9.17, 15) is 9.18 Å². The number of carbonyl (C=O) groups is 1.